The Balaban J connectivity index is 1.55. The SMILES string of the molecule is N#CC1CN(CCNc2nonc2-c2noc(=O)n2-c2ccc(F)c(Br)c2)C1. The maximum atomic E-state index is 13.5. The number of nitriles is 1. The van der Waals surface area contributed by atoms with Gasteiger partial charge in [0.25, 0.3) is 0 Å². The van der Waals surface area contributed by atoms with Crippen molar-refractivity contribution in [3.63, 3.8) is 0 Å². The third-order valence-corrected chi connectivity index (χ3v) is 4.93. The average Bonchev–Trinajstić information content (AvgIpc) is 3.25. The molecule has 0 aliphatic carbocycles. The summed E-state index contributed by atoms with van der Waals surface area (Å²) in [6, 6.07) is 6.27. The summed E-state index contributed by atoms with van der Waals surface area (Å²) in [5, 5.41) is 23.3. The maximum absolute atomic E-state index is 13.5. The van der Waals surface area contributed by atoms with Crippen molar-refractivity contribution in [2.75, 3.05) is 31.5 Å². The average molecular weight is 450 g/mol. The molecule has 12 heteroatoms. The molecule has 0 spiro atoms. The number of hydrogen-bond donors (Lipinski definition) is 1. The van der Waals surface area contributed by atoms with Crippen molar-refractivity contribution in [1.82, 2.24) is 24.9 Å². The summed E-state index contributed by atoms with van der Waals surface area (Å²) in [7, 11) is 0. The lowest BCUT2D eigenvalue weighted by atomic mass is 10.0. The molecule has 10 nitrogen and oxygen atoms in total. The van der Waals surface area contributed by atoms with Crippen LogP contribution in [0.1, 0.15) is 0 Å². The lowest BCUT2D eigenvalue weighted by molar-refractivity contribution is 0.141. The second-order valence-electron chi connectivity index (χ2n) is 6.18. The third-order valence-electron chi connectivity index (χ3n) is 4.33. The highest BCUT2D eigenvalue weighted by atomic mass is 79.9. The van der Waals surface area contributed by atoms with E-state index in [1.54, 1.807) is 0 Å². The minimum atomic E-state index is -0.759. The summed E-state index contributed by atoms with van der Waals surface area (Å²) in [5.74, 6) is -0.777. The van der Waals surface area contributed by atoms with Gasteiger partial charge >= 0.3 is 5.76 Å². The lowest BCUT2D eigenvalue weighted by Crippen LogP contribution is -2.47. The van der Waals surface area contributed by atoms with E-state index in [1.807, 2.05) is 0 Å². The van der Waals surface area contributed by atoms with Gasteiger partial charge in [0.1, 0.15) is 5.82 Å². The van der Waals surface area contributed by atoms with Crippen molar-refractivity contribution in [2.45, 2.75) is 0 Å². The van der Waals surface area contributed by atoms with Crippen LogP contribution in [-0.2, 0) is 0 Å². The summed E-state index contributed by atoms with van der Waals surface area (Å²) >= 11 is 3.09. The molecule has 1 aliphatic rings. The van der Waals surface area contributed by atoms with Crippen LogP contribution in [0.15, 0.2) is 36.6 Å². The van der Waals surface area contributed by atoms with Gasteiger partial charge in [-0.25, -0.2) is 18.4 Å². The highest BCUT2D eigenvalue weighted by Gasteiger charge is 2.26. The first kappa shape index (κ1) is 18.3. The first-order chi connectivity index (χ1) is 13.6. The standard InChI is InChI=1S/C16H13BrFN7O3/c17-11-5-10(1-2-12(11)18)25-15(23-27-16(25)26)13-14(22-28-21-13)20-3-4-24-7-9(6-19)8-24/h1-2,5,9H,3-4,7-8H2,(H,20,22). The van der Waals surface area contributed by atoms with Crippen LogP contribution >= 0.6 is 15.9 Å². The number of benzene rings is 1. The summed E-state index contributed by atoms with van der Waals surface area (Å²) in [6.45, 7) is 2.72. The van der Waals surface area contributed by atoms with Crippen molar-refractivity contribution in [2.24, 2.45) is 5.92 Å². The summed E-state index contributed by atoms with van der Waals surface area (Å²) in [4.78, 5) is 14.3. The van der Waals surface area contributed by atoms with Crippen molar-refractivity contribution in [3.8, 4) is 23.3 Å². The molecular formula is C16H13BrFN7O3. The van der Waals surface area contributed by atoms with Crippen LogP contribution in [0.25, 0.3) is 17.2 Å². The van der Waals surface area contributed by atoms with Gasteiger partial charge in [0.05, 0.1) is 22.1 Å². The van der Waals surface area contributed by atoms with E-state index in [2.05, 4.69) is 47.7 Å². The van der Waals surface area contributed by atoms with Crippen LogP contribution < -0.4 is 11.1 Å². The van der Waals surface area contributed by atoms with Gasteiger partial charge in [0.15, 0.2) is 5.69 Å². The zero-order chi connectivity index (χ0) is 19.7. The molecule has 3 aromatic rings. The Bertz CT molecular complexity index is 1100. The second-order valence-corrected chi connectivity index (χ2v) is 7.03. The van der Waals surface area contributed by atoms with Gasteiger partial charge in [-0.15, -0.1) is 0 Å². The van der Waals surface area contributed by atoms with Gasteiger partial charge in [0.2, 0.25) is 11.6 Å². The van der Waals surface area contributed by atoms with Gasteiger partial charge in [-0.05, 0) is 44.4 Å². The zero-order valence-electron chi connectivity index (χ0n) is 14.3. The van der Waals surface area contributed by atoms with E-state index in [9.17, 15) is 9.18 Å². The van der Waals surface area contributed by atoms with E-state index < -0.39 is 11.6 Å². The van der Waals surface area contributed by atoms with Crippen molar-refractivity contribution in [3.05, 3.63) is 39.0 Å². The van der Waals surface area contributed by atoms with Crippen LogP contribution in [0.5, 0.6) is 0 Å². The molecule has 3 heterocycles. The first-order valence-corrected chi connectivity index (χ1v) is 9.09. The quantitative estimate of drug-likeness (QED) is 0.597. The maximum Gasteiger partial charge on any atom is 0.446 e. The zero-order valence-corrected chi connectivity index (χ0v) is 15.9. The molecule has 4 rings (SSSR count). The number of rotatable bonds is 6. The molecule has 2 aromatic heterocycles. The van der Waals surface area contributed by atoms with Crippen LogP contribution in [0.3, 0.4) is 0 Å². The molecule has 144 valence electrons. The van der Waals surface area contributed by atoms with Gasteiger partial charge < -0.3 is 5.32 Å². The van der Waals surface area contributed by atoms with E-state index in [1.165, 1.54) is 18.2 Å². The lowest BCUT2D eigenvalue weighted by Gasteiger charge is -2.35. The molecule has 0 saturated carbocycles. The molecule has 1 aliphatic heterocycles. The third kappa shape index (κ3) is 3.41. The normalized spacial score (nSPS) is 14.6. The van der Waals surface area contributed by atoms with Gasteiger partial charge in [0, 0.05) is 26.2 Å². The van der Waals surface area contributed by atoms with Crippen molar-refractivity contribution in [1.29, 1.82) is 5.26 Å². The van der Waals surface area contributed by atoms with E-state index in [4.69, 9.17) is 14.4 Å². The Labute approximate surface area is 165 Å². The smallest absolute Gasteiger partial charge is 0.364 e. The van der Waals surface area contributed by atoms with Crippen molar-refractivity contribution >= 4 is 21.7 Å². The predicted octanol–water partition coefficient (Wildman–Crippen LogP) is 1.64. The second kappa shape index (κ2) is 7.53. The number of likely N-dealkylation sites (tertiary alicyclic amines) is 1. The minimum Gasteiger partial charge on any atom is -0.364 e. The fraction of sp³-hybridized carbons (Fsp3) is 0.312. The van der Waals surface area contributed by atoms with E-state index >= 15 is 0 Å². The first-order valence-electron chi connectivity index (χ1n) is 8.29. The summed E-state index contributed by atoms with van der Waals surface area (Å²) < 4.78 is 24.4. The highest BCUT2D eigenvalue weighted by molar-refractivity contribution is 9.10. The fourth-order valence-electron chi connectivity index (χ4n) is 2.87. The predicted molar refractivity (Wildman–Crippen MR) is 97.1 cm³/mol. The summed E-state index contributed by atoms with van der Waals surface area (Å²) in [6.07, 6.45) is 0. The molecule has 1 fully saturated rings. The molecule has 0 radical (unpaired) electrons. The molecule has 0 atom stereocenters. The van der Waals surface area contributed by atoms with E-state index in [-0.39, 0.29) is 21.9 Å². The number of aromatic nitrogens is 4. The Morgan fingerprint density at radius 1 is 1.36 bits per heavy atom. The van der Waals surface area contributed by atoms with Gasteiger partial charge in [-0.1, -0.05) is 5.16 Å². The molecule has 28 heavy (non-hydrogen) atoms. The Hall–Kier alpha value is -3.04. The van der Waals surface area contributed by atoms with E-state index in [0.29, 0.717) is 24.6 Å². The molecule has 0 amide bonds. The Morgan fingerprint density at radius 3 is 2.93 bits per heavy atom. The largest absolute Gasteiger partial charge is 0.446 e. The fourth-order valence-corrected chi connectivity index (χ4v) is 3.24. The van der Waals surface area contributed by atoms with Crippen LogP contribution in [0.2, 0.25) is 0 Å². The van der Waals surface area contributed by atoms with Crippen LogP contribution in [0, 0.1) is 23.1 Å². The molecule has 1 aromatic carbocycles. The van der Waals surface area contributed by atoms with E-state index in [0.717, 1.165) is 17.7 Å². The number of nitrogens with zero attached hydrogens (tertiary/aromatic N) is 6. The van der Waals surface area contributed by atoms with Crippen LogP contribution in [0.4, 0.5) is 10.2 Å². The highest BCUT2D eigenvalue weighted by Crippen LogP contribution is 2.26. The van der Waals surface area contributed by atoms with Crippen molar-refractivity contribution < 1.29 is 13.5 Å². The Kier molecular flexibility index (Phi) is 4.93. The van der Waals surface area contributed by atoms with Gasteiger partial charge in [-0.2, -0.15) is 5.26 Å². The van der Waals surface area contributed by atoms with Crippen LogP contribution in [-0.4, -0.2) is 51.1 Å². The number of nitrogens with one attached hydrogen (secondary N) is 1. The number of anilines is 1. The van der Waals surface area contributed by atoms with Gasteiger partial charge in [-0.3, -0.25) is 9.42 Å². The molecule has 1 saturated heterocycles. The molecule has 1 N–H and O–H groups in total. The molecular weight excluding hydrogens is 437 g/mol. The Morgan fingerprint density at radius 2 is 2.18 bits per heavy atom. The number of hydrogen-bond acceptors (Lipinski definition) is 9. The minimum absolute atomic E-state index is 0.0701. The number of halogens is 2. The molecule has 0 bridgehead atoms. The monoisotopic (exact) mass is 449 g/mol. The molecule has 0 unspecified atom stereocenters. The topological polar surface area (TPSA) is 126 Å². The summed E-state index contributed by atoms with van der Waals surface area (Å²) in [5.41, 5.74) is 0.524.